The largest absolute Gasteiger partial charge is 0.444 e. The van der Waals surface area contributed by atoms with E-state index in [1.165, 1.54) is 0 Å². The highest BCUT2D eigenvalue weighted by Crippen LogP contribution is 2.36. The summed E-state index contributed by atoms with van der Waals surface area (Å²) in [7, 11) is 0. The molecule has 1 fully saturated rings. The van der Waals surface area contributed by atoms with Gasteiger partial charge in [-0.05, 0) is 57.4 Å². The molecule has 2 aromatic carbocycles. The number of rotatable bonds is 8. The molecule has 0 saturated carbocycles. The number of alkyl carbamates (subject to hydrolysis) is 1. The second-order valence-electron chi connectivity index (χ2n) is 10.7. The summed E-state index contributed by atoms with van der Waals surface area (Å²) in [5, 5.41) is 14.9. The van der Waals surface area contributed by atoms with Crippen molar-refractivity contribution in [3.63, 3.8) is 0 Å². The Morgan fingerprint density at radius 1 is 1.03 bits per heavy atom. The van der Waals surface area contributed by atoms with Gasteiger partial charge < -0.3 is 25.0 Å². The monoisotopic (exact) mass is 563 g/mol. The van der Waals surface area contributed by atoms with Gasteiger partial charge in [0.2, 0.25) is 5.91 Å². The number of benzene rings is 2. The zero-order valence-corrected chi connectivity index (χ0v) is 24.4. The van der Waals surface area contributed by atoms with Gasteiger partial charge in [-0.25, -0.2) is 4.79 Å². The summed E-state index contributed by atoms with van der Waals surface area (Å²) in [6.07, 6.45) is 0.776. The first-order valence-corrected chi connectivity index (χ1v) is 13.9. The van der Waals surface area contributed by atoms with E-state index < -0.39 is 23.3 Å². The lowest BCUT2D eigenvalue weighted by molar-refractivity contribution is -0.133. The highest BCUT2D eigenvalue weighted by molar-refractivity contribution is 6.35. The van der Waals surface area contributed by atoms with Gasteiger partial charge in [0.15, 0.2) is 0 Å². The number of carbonyl (C=O) groups is 2. The molecule has 2 N–H and O–H groups in total. The van der Waals surface area contributed by atoms with Crippen molar-refractivity contribution >= 4 is 40.9 Å². The zero-order valence-electron chi connectivity index (χ0n) is 22.9. The Hall–Kier alpha value is -2.48. The SMILES string of the molecule is CCC(O)(CC)c1ccccc1N1CCN(C(=O)[C@@H](Cc2ccc(Cl)cc2Cl)NC(=O)OC(C)(C)C)CC1. The van der Waals surface area contributed by atoms with Gasteiger partial charge >= 0.3 is 6.09 Å². The van der Waals surface area contributed by atoms with Crippen molar-refractivity contribution < 1.29 is 19.4 Å². The Morgan fingerprint density at radius 3 is 2.24 bits per heavy atom. The van der Waals surface area contributed by atoms with Crippen LogP contribution in [-0.2, 0) is 21.6 Å². The Morgan fingerprint density at radius 2 is 1.66 bits per heavy atom. The summed E-state index contributed by atoms with van der Waals surface area (Å²) in [4.78, 5) is 30.3. The van der Waals surface area contributed by atoms with E-state index in [1.807, 2.05) is 38.1 Å². The maximum absolute atomic E-state index is 13.7. The first-order valence-electron chi connectivity index (χ1n) is 13.2. The molecular weight excluding hydrogens is 525 g/mol. The van der Waals surface area contributed by atoms with E-state index in [0.29, 0.717) is 54.6 Å². The van der Waals surface area contributed by atoms with Crippen molar-refractivity contribution in [1.29, 1.82) is 0 Å². The van der Waals surface area contributed by atoms with Crippen molar-refractivity contribution in [3.05, 3.63) is 63.6 Å². The van der Waals surface area contributed by atoms with Crippen LogP contribution in [0.2, 0.25) is 10.0 Å². The number of amides is 2. The van der Waals surface area contributed by atoms with Gasteiger partial charge in [-0.15, -0.1) is 0 Å². The van der Waals surface area contributed by atoms with Crippen LogP contribution in [0.3, 0.4) is 0 Å². The predicted octanol–water partition coefficient (Wildman–Crippen LogP) is 5.79. The minimum atomic E-state index is -0.899. The van der Waals surface area contributed by atoms with Crippen LogP contribution in [0.4, 0.5) is 10.5 Å². The fourth-order valence-corrected chi connectivity index (χ4v) is 5.20. The molecule has 1 heterocycles. The highest BCUT2D eigenvalue weighted by Gasteiger charge is 2.33. The molecule has 0 bridgehead atoms. The van der Waals surface area contributed by atoms with Crippen molar-refractivity contribution in [3.8, 4) is 0 Å². The van der Waals surface area contributed by atoms with Gasteiger partial charge in [0.25, 0.3) is 0 Å². The number of nitrogens with one attached hydrogen (secondary N) is 1. The topological polar surface area (TPSA) is 82.1 Å². The third-order valence-electron chi connectivity index (χ3n) is 6.94. The number of ether oxygens (including phenoxy) is 1. The van der Waals surface area contributed by atoms with Gasteiger partial charge in [0.05, 0.1) is 5.60 Å². The van der Waals surface area contributed by atoms with Crippen LogP contribution in [0.25, 0.3) is 0 Å². The Labute approximate surface area is 236 Å². The summed E-state index contributed by atoms with van der Waals surface area (Å²) in [5.41, 5.74) is 1.00. The second kappa shape index (κ2) is 12.6. The first kappa shape index (κ1) is 30.1. The number of hydrogen-bond donors (Lipinski definition) is 2. The summed E-state index contributed by atoms with van der Waals surface area (Å²) in [5.74, 6) is -0.201. The van der Waals surface area contributed by atoms with Crippen molar-refractivity contribution in [2.75, 3.05) is 31.1 Å². The number of nitrogens with zero attached hydrogens (tertiary/aromatic N) is 2. The molecule has 38 heavy (non-hydrogen) atoms. The van der Waals surface area contributed by atoms with E-state index in [-0.39, 0.29) is 12.3 Å². The lowest BCUT2D eigenvalue weighted by atomic mass is 9.87. The van der Waals surface area contributed by atoms with Gasteiger partial charge in [0, 0.05) is 53.9 Å². The standard InChI is InChI=1S/C29H39Cl2N3O4/c1-6-29(37,7-2)22-10-8-9-11-25(22)33-14-16-34(17-15-33)26(35)24(32-27(36)38-28(3,4)5)18-20-12-13-21(30)19-23(20)31/h8-13,19,24,37H,6-7,14-18H2,1-5H3,(H,32,36)/t24-/m1/s1. The molecule has 3 rings (SSSR count). The normalized spacial score (nSPS) is 15.3. The maximum atomic E-state index is 13.7. The van der Waals surface area contributed by atoms with Crippen LogP contribution in [-0.4, -0.2) is 59.8 Å². The van der Waals surface area contributed by atoms with Crippen LogP contribution in [0.5, 0.6) is 0 Å². The molecule has 0 aliphatic carbocycles. The van der Waals surface area contributed by atoms with E-state index in [0.717, 1.165) is 11.3 Å². The Balaban J connectivity index is 1.77. The maximum Gasteiger partial charge on any atom is 0.408 e. The molecule has 1 saturated heterocycles. The average Bonchev–Trinajstić information content (AvgIpc) is 2.88. The van der Waals surface area contributed by atoms with Gasteiger partial charge in [-0.1, -0.05) is 61.3 Å². The molecule has 1 aliphatic heterocycles. The zero-order chi connectivity index (χ0) is 28.1. The number of carbonyl (C=O) groups excluding carboxylic acids is 2. The molecule has 1 atom stereocenters. The van der Waals surface area contributed by atoms with E-state index in [2.05, 4.69) is 10.2 Å². The third kappa shape index (κ3) is 7.55. The van der Waals surface area contributed by atoms with Crippen LogP contribution in [0, 0.1) is 0 Å². The van der Waals surface area contributed by atoms with Crippen molar-refractivity contribution in [2.24, 2.45) is 0 Å². The Kier molecular flexibility index (Phi) is 9.96. The molecule has 0 aromatic heterocycles. The number of para-hydroxylation sites is 1. The van der Waals surface area contributed by atoms with E-state index in [9.17, 15) is 14.7 Å². The highest BCUT2D eigenvalue weighted by atomic mass is 35.5. The molecule has 0 spiro atoms. The summed E-state index contributed by atoms with van der Waals surface area (Å²) in [6.45, 7) is 11.5. The van der Waals surface area contributed by atoms with E-state index in [4.69, 9.17) is 27.9 Å². The van der Waals surface area contributed by atoms with E-state index >= 15 is 0 Å². The lowest BCUT2D eigenvalue weighted by Crippen LogP contribution is -2.56. The molecule has 1 aliphatic rings. The van der Waals surface area contributed by atoms with Gasteiger partial charge in [0.1, 0.15) is 11.6 Å². The first-order chi connectivity index (χ1) is 17.9. The van der Waals surface area contributed by atoms with Gasteiger partial charge in [-0.3, -0.25) is 4.79 Å². The molecule has 2 aromatic rings. The van der Waals surface area contributed by atoms with Crippen molar-refractivity contribution in [2.45, 2.75) is 71.1 Å². The Bertz CT molecular complexity index is 1120. The number of aliphatic hydroxyl groups is 1. The average molecular weight is 565 g/mol. The minimum absolute atomic E-state index is 0.201. The van der Waals surface area contributed by atoms with Crippen LogP contribution >= 0.6 is 23.2 Å². The van der Waals surface area contributed by atoms with Crippen molar-refractivity contribution in [1.82, 2.24) is 10.2 Å². The fraction of sp³-hybridized carbons (Fsp3) is 0.517. The number of hydrogen-bond acceptors (Lipinski definition) is 5. The number of halogens is 2. The van der Waals surface area contributed by atoms with E-state index in [1.54, 1.807) is 43.9 Å². The number of piperazine rings is 1. The molecule has 9 heteroatoms. The van der Waals surface area contributed by atoms with Crippen LogP contribution < -0.4 is 10.2 Å². The third-order valence-corrected chi connectivity index (χ3v) is 7.52. The second-order valence-corrected chi connectivity index (χ2v) is 11.6. The molecule has 0 unspecified atom stereocenters. The van der Waals surface area contributed by atoms with Gasteiger partial charge in [-0.2, -0.15) is 0 Å². The predicted molar refractivity (Wildman–Crippen MR) is 153 cm³/mol. The summed E-state index contributed by atoms with van der Waals surface area (Å²) >= 11 is 12.4. The lowest BCUT2D eigenvalue weighted by Gasteiger charge is -2.40. The molecule has 7 nitrogen and oxygen atoms in total. The van der Waals surface area contributed by atoms with Crippen LogP contribution in [0.1, 0.15) is 58.6 Å². The minimum Gasteiger partial charge on any atom is -0.444 e. The molecule has 0 radical (unpaired) electrons. The fourth-order valence-electron chi connectivity index (χ4n) is 4.72. The quantitative estimate of drug-likeness (QED) is 0.425. The summed E-state index contributed by atoms with van der Waals surface area (Å²) < 4.78 is 5.43. The summed E-state index contributed by atoms with van der Waals surface area (Å²) in [6, 6.07) is 12.2. The smallest absolute Gasteiger partial charge is 0.408 e. The number of anilines is 1. The molecule has 2 amide bonds. The molecule has 208 valence electrons. The van der Waals surface area contributed by atoms with Crippen LogP contribution in [0.15, 0.2) is 42.5 Å². The molecular formula is C29H39Cl2N3O4.